The molecule has 0 saturated heterocycles. The second-order valence-electron chi connectivity index (χ2n) is 5.90. The van der Waals surface area contributed by atoms with Crippen molar-refractivity contribution in [3.63, 3.8) is 0 Å². The Bertz CT molecular complexity index is 794. The normalized spacial score (nSPS) is 11.3. The molecule has 0 aliphatic heterocycles. The summed E-state index contributed by atoms with van der Waals surface area (Å²) in [5.41, 5.74) is 4.68. The number of amides is 1. The minimum absolute atomic E-state index is 0.0755. The van der Waals surface area contributed by atoms with E-state index in [9.17, 15) is 4.79 Å². The van der Waals surface area contributed by atoms with Gasteiger partial charge in [-0.1, -0.05) is 29.8 Å². The molecular formula is C18H20N2O2. The minimum atomic E-state index is -0.0755. The fourth-order valence-electron chi connectivity index (χ4n) is 2.55. The van der Waals surface area contributed by atoms with Gasteiger partial charge in [-0.3, -0.25) is 4.79 Å². The summed E-state index contributed by atoms with van der Waals surface area (Å²) in [6.45, 7) is 6.61. The number of fused-ring (bicyclic) bond motifs is 1. The van der Waals surface area contributed by atoms with Gasteiger partial charge in [-0.15, -0.1) is 0 Å². The zero-order chi connectivity index (χ0) is 15.7. The Kier molecular flexibility index (Phi) is 3.75. The van der Waals surface area contributed by atoms with Gasteiger partial charge in [-0.25, -0.2) is 0 Å². The van der Waals surface area contributed by atoms with Gasteiger partial charge in [-0.2, -0.15) is 0 Å². The molecule has 1 amide bonds. The number of benzene rings is 1. The molecule has 1 aromatic carbocycles. The van der Waals surface area contributed by atoms with E-state index in [1.165, 1.54) is 5.56 Å². The van der Waals surface area contributed by atoms with E-state index in [-0.39, 0.29) is 11.9 Å². The number of furan rings is 1. The predicted molar refractivity (Wildman–Crippen MR) is 87.1 cm³/mol. The fourth-order valence-corrected chi connectivity index (χ4v) is 2.55. The van der Waals surface area contributed by atoms with Crippen molar-refractivity contribution in [1.29, 1.82) is 0 Å². The Morgan fingerprint density at radius 3 is 2.64 bits per heavy atom. The summed E-state index contributed by atoms with van der Waals surface area (Å²) >= 11 is 0. The van der Waals surface area contributed by atoms with E-state index in [2.05, 4.69) is 36.5 Å². The Morgan fingerprint density at radius 1 is 1.23 bits per heavy atom. The first kappa shape index (κ1) is 14.4. The molecule has 4 heteroatoms. The first-order valence-corrected chi connectivity index (χ1v) is 7.48. The molecule has 2 heterocycles. The molecule has 0 radical (unpaired) electrons. The van der Waals surface area contributed by atoms with Crippen LogP contribution in [0.5, 0.6) is 0 Å². The van der Waals surface area contributed by atoms with Crippen LogP contribution in [0.15, 0.2) is 47.1 Å². The van der Waals surface area contributed by atoms with E-state index < -0.39 is 0 Å². The van der Waals surface area contributed by atoms with Crippen LogP contribution in [-0.2, 0) is 6.54 Å². The summed E-state index contributed by atoms with van der Waals surface area (Å²) in [4.78, 5) is 12.4. The third-order valence-corrected chi connectivity index (χ3v) is 3.64. The van der Waals surface area contributed by atoms with E-state index in [0.717, 1.165) is 16.7 Å². The third-order valence-electron chi connectivity index (χ3n) is 3.64. The van der Waals surface area contributed by atoms with Crippen LogP contribution in [-0.4, -0.2) is 16.5 Å². The zero-order valence-corrected chi connectivity index (χ0v) is 13.1. The van der Waals surface area contributed by atoms with Gasteiger partial charge in [0.05, 0.1) is 11.8 Å². The van der Waals surface area contributed by atoms with Crippen molar-refractivity contribution in [3.8, 4) is 0 Å². The lowest BCUT2D eigenvalue weighted by Crippen LogP contribution is -2.31. The van der Waals surface area contributed by atoms with Gasteiger partial charge in [0.2, 0.25) is 0 Å². The number of carbonyl (C=O) groups excluding carboxylic acids is 1. The Morgan fingerprint density at radius 2 is 1.95 bits per heavy atom. The van der Waals surface area contributed by atoms with Crippen molar-refractivity contribution in [2.45, 2.75) is 33.4 Å². The molecule has 0 unspecified atom stereocenters. The molecule has 0 spiro atoms. The SMILES string of the molecule is Cc1ccc(Cn2c(C(=O)NC(C)C)cc3occc32)cc1. The Balaban J connectivity index is 2.00. The van der Waals surface area contributed by atoms with Crippen LogP contribution < -0.4 is 5.32 Å². The summed E-state index contributed by atoms with van der Waals surface area (Å²) < 4.78 is 7.45. The van der Waals surface area contributed by atoms with Gasteiger partial charge < -0.3 is 14.3 Å². The number of nitrogens with zero attached hydrogens (tertiary/aromatic N) is 1. The average Bonchev–Trinajstić information content (AvgIpc) is 3.03. The lowest BCUT2D eigenvalue weighted by Gasteiger charge is -2.12. The van der Waals surface area contributed by atoms with Crippen LogP contribution in [0.3, 0.4) is 0 Å². The maximum Gasteiger partial charge on any atom is 0.268 e. The maximum absolute atomic E-state index is 12.4. The molecule has 0 aliphatic carbocycles. The van der Waals surface area contributed by atoms with Crippen molar-refractivity contribution in [1.82, 2.24) is 9.88 Å². The van der Waals surface area contributed by atoms with Crippen LogP contribution in [0.25, 0.3) is 11.1 Å². The van der Waals surface area contributed by atoms with Crippen molar-refractivity contribution < 1.29 is 9.21 Å². The van der Waals surface area contributed by atoms with Crippen molar-refractivity contribution >= 4 is 17.0 Å². The number of hydrogen-bond acceptors (Lipinski definition) is 2. The maximum atomic E-state index is 12.4. The molecule has 0 aliphatic rings. The number of carbonyl (C=O) groups is 1. The second-order valence-corrected chi connectivity index (χ2v) is 5.90. The molecule has 1 N–H and O–H groups in total. The lowest BCUT2D eigenvalue weighted by atomic mass is 10.1. The van der Waals surface area contributed by atoms with E-state index in [1.54, 1.807) is 12.3 Å². The van der Waals surface area contributed by atoms with Gasteiger partial charge in [0.15, 0.2) is 5.58 Å². The molecule has 4 nitrogen and oxygen atoms in total. The third kappa shape index (κ3) is 2.77. The molecule has 0 atom stereocenters. The summed E-state index contributed by atoms with van der Waals surface area (Å²) in [5.74, 6) is -0.0755. The average molecular weight is 296 g/mol. The lowest BCUT2D eigenvalue weighted by molar-refractivity contribution is 0.0934. The largest absolute Gasteiger partial charge is 0.463 e. The number of aryl methyl sites for hydroxylation is 1. The second kappa shape index (κ2) is 5.72. The highest BCUT2D eigenvalue weighted by molar-refractivity contribution is 5.97. The molecule has 3 aromatic rings. The van der Waals surface area contributed by atoms with Gasteiger partial charge in [0.25, 0.3) is 5.91 Å². The van der Waals surface area contributed by atoms with Crippen LogP contribution in [0.4, 0.5) is 0 Å². The monoisotopic (exact) mass is 296 g/mol. The predicted octanol–water partition coefficient (Wildman–Crippen LogP) is 3.73. The van der Waals surface area contributed by atoms with Crippen LogP contribution in [0.2, 0.25) is 0 Å². The van der Waals surface area contributed by atoms with Crippen LogP contribution >= 0.6 is 0 Å². The highest BCUT2D eigenvalue weighted by Crippen LogP contribution is 2.22. The van der Waals surface area contributed by atoms with Crippen molar-refractivity contribution in [2.75, 3.05) is 0 Å². The molecule has 2 aromatic heterocycles. The van der Waals surface area contributed by atoms with E-state index in [0.29, 0.717) is 12.2 Å². The van der Waals surface area contributed by atoms with E-state index in [4.69, 9.17) is 4.42 Å². The first-order chi connectivity index (χ1) is 10.5. The molecular weight excluding hydrogens is 276 g/mol. The van der Waals surface area contributed by atoms with Crippen LogP contribution in [0, 0.1) is 6.92 Å². The standard InChI is InChI=1S/C18H20N2O2/c1-12(2)19-18(21)16-10-17-15(8-9-22-17)20(16)11-14-6-4-13(3)5-7-14/h4-10,12H,11H2,1-3H3,(H,19,21). The molecule has 22 heavy (non-hydrogen) atoms. The van der Waals surface area contributed by atoms with Gasteiger partial charge >= 0.3 is 0 Å². The minimum Gasteiger partial charge on any atom is -0.463 e. The van der Waals surface area contributed by atoms with Crippen LogP contribution in [0.1, 0.15) is 35.5 Å². The van der Waals surface area contributed by atoms with E-state index in [1.807, 2.05) is 24.5 Å². The van der Waals surface area contributed by atoms with E-state index >= 15 is 0 Å². The summed E-state index contributed by atoms with van der Waals surface area (Å²) in [7, 11) is 0. The highest BCUT2D eigenvalue weighted by Gasteiger charge is 2.18. The number of rotatable bonds is 4. The van der Waals surface area contributed by atoms with Crippen molar-refractivity contribution in [2.24, 2.45) is 0 Å². The quantitative estimate of drug-likeness (QED) is 0.797. The molecule has 0 fully saturated rings. The van der Waals surface area contributed by atoms with Crippen molar-refractivity contribution in [3.05, 3.63) is 59.5 Å². The van der Waals surface area contributed by atoms with Gasteiger partial charge in [0, 0.05) is 24.7 Å². The zero-order valence-electron chi connectivity index (χ0n) is 13.1. The van der Waals surface area contributed by atoms with Gasteiger partial charge in [0.1, 0.15) is 5.69 Å². The highest BCUT2D eigenvalue weighted by atomic mass is 16.3. The molecule has 114 valence electrons. The topological polar surface area (TPSA) is 47.2 Å². The molecule has 0 bridgehead atoms. The molecule has 3 rings (SSSR count). The number of hydrogen-bond donors (Lipinski definition) is 1. The summed E-state index contributed by atoms with van der Waals surface area (Å²) in [6, 6.07) is 12.1. The fraction of sp³-hybridized carbons (Fsp3) is 0.278. The number of nitrogens with one attached hydrogen (secondary N) is 1. The summed E-state index contributed by atoms with van der Waals surface area (Å²) in [5, 5.41) is 2.94. The number of aromatic nitrogens is 1. The first-order valence-electron chi connectivity index (χ1n) is 7.48. The smallest absolute Gasteiger partial charge is 0.268 e. The summed E-state index contributed by atoms with van der Waals surface area (Å²) in [6.07, 6.45) is 1.65. The Labute approximate surface area is 129 Å². The molecule has 0 saturated carbocycles. The van der Waals surface area contributed by atoms with Gasteiger partial charge in [-0.05, 0) is 26.3 Å². The Hall–Kier alpha value is -2.49.